The van der Waals surface area contributed by atoms with Crippen molar-refractivity contribution in [2.45, 2.75) is 0 Å². The third kappa shape index (κ3) is 1.55. The summed E-state index contributed by atoms with van der Waals surface area (Å²) in [7, 11) is 0. The van der Waals surface area contributed by atoms with Gasteiger partial charge < -0.3 is 0 Å². The molecule has 0 atom stereocenters. The molecule has 2 heterocycles. The fourth-order valence-electron chi connectivity index (χ4n) is 3.15. The molecular weight excluding hydrogens is 268 g/mol. The molecule has 0 radical (unpaired) electrons. The standard InChI is InChI=1S/C20H12N2/c1-3-7-17-13(5-1)9-10-16-19(21-17)12-11-15-14-6-2-4-8-18(14)22-20(15)16/h1-12H. The topological polar surface area (TPSA) is 25.8 Å². The molecule has 0 spiro atoms. The molecule has 0 bridgehead atoms. The van der Waals surface area contributed by atoms with Gasteiger partial charge in [0.05, 0.1) is 22.1 Å². The highest BCUT2D eigenvalue weighted by atomic mass is 14.7. The number of nitrogens with zero attached hydrogens (tertiary/aromatic N) is 2. The molecule has 0 saturated carbocycles. The largest absolute Gasteiger partial charge is 0.248 e. The first kappa shape index (κ1) is 11.6. The van der Waals surface area contributed by atoms with Gasteiger partial charge in [-0.1, -0.05) is 42.5 Å². The Kier molecular flexibility index (Phi) is 2.25. The van der Waals surface area contributed by atoms with Crippen LogP contribution in [0, 0.1) is 0 Å². The van der Waals surface area contributed by atoms with E-state index >= 15 is 0 Å². The quantitative estimate of drug-likeness (QED) is 0.395. The number of hydrogen-bond acceptors (Lipinski definition) is 2. The van der Waals surface area contributed by atoms with Gasteiger partial charge in [-0.15, -0.1) is 0 Å². The minimum Gasteiger partial charge on any atom is -0.248 e. The molecule has 0 amide bonds. The molecule has 0 N–H and O–H groups in total. The fourth-order valence-corrected chi connectivity index (χ4v) is 3.15. The van der Waals surface area contributed by atoms with Crippen LogP contribution in [0.25, 0.3) is 43.6 Å². The molecule has 2 nitrogen and oxygen atoms in total. The van der Waals surface area contributed by atoms with Crippen molar-refractivity contribution < 1.29 is 0 Å². The number of aromatic nitrogens is 2. The van der Waals surface area contributed by atoms with Crippen molar-refractivity contribution in [2.75, 3.05) is 0 Å². The molecule has 0 aliphatic carbocycles. The molecule has 22 heavy (non-hydrogen) atoms. The van der Waals surface area contributed by atoms with E-state index < -0.39 is 0 Å². The Bertz CT molecular complexity index is 1180. The van der Waals surface area contributed by atoms with E-state index in [9.17, 15) is 0 Å². The van der Waals surface area contributed by atoms with E-state index in [0.29, 0.717) is 0 Å². The van der Waals surface area contributed by atoms with E-state index in [0.717, 1.165) is 32.8 Å². The third-order valence-corrected chi connectivity index (χ3v) is 4.23. The van der Waals surface area contributed by atoms with Crippen LogP contribution in [0.15, 0.2) is 72.8 Å². The second kappa shape index (κ2) is 4.25. The second-order valence-corrected chi connectivity index (χ2v) is 5.53. The SMILES string of the molecule is c1ccc2nc3ccc4c5ccccc5nc4c3ccc2c1. The van der Waals surface area contributed by atoms with Crippen molar-refractivity contribution in [3.8, 4) is 0 Å². The minimum atomic E-state index is 0.983. The van der Waals surface area contributed by atoms with Gasteiger partial charge in [0.25, 0.3) is 0 Å². The lowest BCUT2D eigenvalue weighted by Crippen LogP contribution is -1.76. The maximum Gasteiger partial charge on any atom is 0.0810 e. The summed E-state index contributed by atoms with van der Waals surface area (Å²) in [6.45, 7) is 0. The number of para-hydroxylation sites is 2. The van der Waals surface area contributed by atoms with Crippen molar-refractivity contribution in [1.82, 2.24) is 9.97 Å². The van der Waals surface area contributed by atoms with Crippen molar-refractivity contribution in [3.05, 3.63) is 72.8 Å². The van der Waals surface area contributed by atoms with Gasteiger partial charge in [-0.3, -0.25) is 0 Å². The summed E-state index contributed by atoms with van der Waals surface area (Å²) in [4.78, 5) is 9.64. The van der Waals surface area contributed by atoms with Crippen LogP contribution in [-0.2, 0) is 0 Å². The minimum absolute atomic E-state index is 0.983. The summed E-state index contributed by atoms with van der Waals surface area (Å²) >= 11 is 0. The highest BCUT2D eigenvalue weighted by molar-refractivity contribution is 6.16. The monoisotopic (exact) mass is 280 g/mol. The highest BCUT2D eigenvalue weighted by Gasteiger charge is 2.08. The molecule has 5 rings (SSSR count). The average molecular weight is 280 g/mol. The van der Waals surface area contributed by atoms with Gasteiger partial charge >= 0.3 is 0 Å². The number of fused-ring (bicyclic) bond motifs is 6. The lowest BCUT2D eigenvalue weighted by Gasteiger charge is -1.94. The molecule has 2 heteroatoms. The zero-order chi connectivity index (χ0) is 14.5. The maximum atomic E-state index is 4.82. The van der Waals surface area contributed by atoms with Crippen LogP contribution in [0.3, 0.4) is 0 Å². The Hall–Kier alpha value is -3.00. The Labute approximate surface area is 127 Å². The number of hydrogen-bond donors (Lipinski definition) is 0. The highest BCUT2D eigenvalue weighted by Crippen LogP contribution is 2.30. The zero-order valence-electron chi connectivity index (χ0n) is 11.8. The van der Waals surface area contributed by atoms with Crippen LogP contribution in [0.2, 0.25) is 0 Å². The Morgan fingerprint density at radius 2 is 1.18 bits per heavy atom. The summed E-state index contributed by atoms with van der Waals surface area (Å²) in [5, 5.41) is 4.64. The van der Waals surface area contributed by atoms with Crippen molar-refractivity contribution in [1.29, 1.82) is 0 Å². The molecule has 0 saturated heterocycles. The molecule has 0 unspecified atom stereocenters. The van der Waals surface area contributed by atoms with Gasteiger partial charge in [-0.2, -0.15) is 0 Å². The van der Waals surface area contributed by atoms with Crippen LogP contribution < -0.4 is 0 Å². The maximum absolute atomic E-state index is 4.82. The summed E-state index contributed by atoms with van der Waals surface area (Å²) in [5.74, 6) is 0. The van der Waals surface area contributed by atoms with Gasteiger partial charge in [0.15, 0.2) is 0 Å². The van der Waals surface area contributed by atoms with Crippen LogP contribution in [-0.4, -0.2) is 9.97 Å². The van der Waals surface area contributed by atoms with Crippen LogP contribution in [0.1, 0.15) is 0 Å². The fraction of sp³-hybridized carbons (Fsp3) is 0. The first-order chi connectivity index (χ1) is 10.9. The smallest absolute Gasteiger partial charge is 0.0810 e. The molecule has 0 fully saturated rings. The van der Waals surface area contributed by atoms with Gasteiger partial charge in [0, 0.05) is 21.5 Å². The van der Waals surface area contributed by atoms with E-state index in [1.807, 2.05) is 24.3 Å². The summed E-state index contributed by atoms with van der Waals surface area (Å²) in [6, 6.07) is 25.0. The Morgan fingerprint density at radius 1 is 0.455 bits per heavy atom. The van der Waals surface area contributed by atoms with Gasteiger partial charge in [-0.25, -0.2) is 9.97 Å². The molecule has 5 aromatic rings. The third-order valence-electron chi connectivity index (χ3n) is 4.23. The Morgan fingerprint density at radius 3 is 2.14 bits per heavy atom. The zero-order valence-corrected chi connectivity index (χ0v) is 11.8. The number of rotatable bonds is 0. The van der Waals surface area contributed by atoms with Crippen LogP contribution in [0.4, 0.5) is 0 Å². The summed E-state index contributed by atoms with van der Waals surface area (Å²) in [5.41, 5.74) is 4.07. The average Bonchev–Trinajstić information content (AvgIpc) is 2.82. The lowest BCUT2D eigenvalue weighted by atomic mass is 10.1. The van der Waals surface area contributed by atoms with Gasteiger partial charge in [0.2, 0.25) is 0 Å². The molecule has 0 aliphatic heterocycles. The van der Waals surface area contributed by atoms with Crippen LogP contribution >= 0.6 is 0 Å². The van der Waals surface area contributed by atoms with Crippen molar-refractivity contribution in [2.24, 2.45) is 0 Å². The van der Waals surface area contributed by atoms with E-state index in [1.165, 1.54) is 10.8 Å². The van der Waals surface area contributed by atoms with Crippen molar-refractivity contribution >= 4 is 43.6 Å². The van der Waals surface area contributed by atoms with Gasteiger partial charge in [-0.05, 0) is 30.3 Å². The van der Waals surface area contributed by atoms with Crippen molar-refractivity contribution in [3.63, 3.8) is 0 Å². The number of benzene rings is 3. The predicted octanol–water partition coefficient (Wildman–Crippen LogP) is 5.09. The first-order valence-electron chi connectivity index (χ1n) is 7.37. The van der Waals surface area contributed by atoms with E-state index in [2.05, 4.69) is 48.5 Å². The summed E-state index contributed by atoms with van der Waals surface area (Å²) in [6.07, 6.45) is 0. The van der Waals surface area contributed by atoms with Crippen LogP contribution in [0.5, 0.6) is 0 Å². The van der Waals surface area contributed by atoms with E-state index in [4.69, 9.17) is 9.97 Å². The first-order valence-corrected chi connectivity index (χ1v) is 7.37. The molecular formula is C20H12N2. The predicted molar refractivity (Wildman–Crippen MR) is 92.1 cm³/mol. The normalized spacial score (nSPS) is 11.6. The lowest BCUT2D eigenvalue weighted by molar-refractivity contribution is 1.52. The second-order valence-electron chi connectivity index (χ2n) is 5.53. The summed E-state index contributed by atoms with van der Waals surface area (Å²) < 4.78 is 0. The molecule has 0 aliphatic rings. The van der Waals surface area contributed by atoms with E-state index in [1.54, 1.807) is 0 Å². The molecule has 102 valence electrons. The Balaban J connectivity index is 2.03. The van der Waals surface area contributed by atoms with Gasteiger partial charge in [0.1, 0.15) is 0 Å². The molecule has 2 aromatic heterocycles. The molecule has 3 aromatic carbocycles. The van der Waals surface area contributed by atoms with E-state index in [-0.39, 0.29) is 0 Å².